The third-order valence-corrected chi connectivity index (χ3v) is 11.3. The molecule has 5 heteroatoms. The SMILES string of the molecule is CCCCNC(=O)C(C)COC(=O)CCCCC[P+](c1ccccc1)(c1ccccc1)c1ccccc1. The Morgan fingerprint density at radius 2 is 1.27 bits per heavy atom. The summed E-state index contributed by atoms with van der Waals surface area (Å²) in [6.45, 7) is 4.70. The van der Waals surface area contributed by atoms with Crippen LogP contribution in [0.15, 0.2) is 91.0 Å². The van der Waals surface area contributed by atoms with Gasteiger partial charge in [0.1, 0.15) is 29.8 Å². The van der Waals surface area contributed by atoms with Gasteiger partial charge in [-0.1, -0.05) is 74.9 Å². The number of amides is 1. The van der Waals surface area contributed by atoms with Gasteiger partial charge >= 0.3 is 5.97 Å². The summed E-state index contributed by atoms with van der Waals surface area (Å²) in [5.74, 6) is -0.596. The molecule has 3 aromatic carbocycles. The summed E-state index contributed by atoms with van der Waals surface area (Å²) in [7, 11) is -1.83. The Morgan fingerprint density at radius 3 is 1.76 bits per heavy atom. The molecule has 0 aliphatic heterocycles. The van der Waals surface area contributed by atoms with Crippen molar-refractivity contribution in [3.8, 4) is 0 Å². The molecule has 0 bridgehead atoms. The minimum absolute atomic E-state index is 0.0516. The normalized spacial score (nSPS) is 12.1. The van der Waals surface area contributed by atoms with E-state index in [-0.39, 0.29) is 24.4 Å². The molecule has 0 saturated carbocycles. The van der Waals surface area contributed by atoms with Crippen LogP contribution in [-0.2, 0) is 14.3 Å². The van der Waals surface area contributed by atoms with Crippen LogP contribution in [0.4, 0.5) is 0 Å². The standard InChI is InChI=1S/C32H40NO3P/c1-3-4-24-33-32(35)27(2)26-36-31(34)23-15-8-16-25-37(28-17-9-5-10-18-28,29-19-11-6-12-20-29)30-21-13-7-14-22-30/h5-7,9-14,17-22,27H,3-4,8,15-16,23-26H2,1-2H3/p+1. The van der Waals surface area contributed by atoms with Crippen molar-refractivity contribution in [2.75, 3.05) is 19.3 Å². The Balaban J connectivity index is 1.59. The van der Waals surface area contributed by atoms with E-state index in [4.69, 9.17) is 4.74 Å². The van der Waals surface area contributed by atoms with E-state index in [9.17, 15) is 9.59 Å². The van der Waals surface area contributed by atoms with Gasteiger partial charge in [0.05, 0.1) is 12.1 Å². The zero-order chi connectivity index (χ0) is 26.3. The highest BCUT2D eigenvalue weighted by molar-refractivity contribution is 7.95. The fourth-order valence-corrected chi connectivity index (χ4v) is 9.02. The van der Waals surface area contributed by atoms with Crippen molar-refractivity contribution in [2.45, 2.75) is 52.4 Å². The molecular formula is C32H41NO3P+. The van der Waals surface area contributed by atoms with Crippen LogP contribution in [0, 0.1) is 5.92 Å². The molecule has 0 spiro atoms. The minimum Gasteiger partial charge on any atom is -0.465 e. The van der Waals surface area contributed by atoms with Crippen LogP contribution < -0.4 is 21.2 Å². The van der Waals surface area contributed by atoms with Crippen molar-refractivity contribution in [3.05, 3.63) is 91.0 Å². The van der Waals surface area contributed by atoms with Gasteiger partial charge in [-0.15, -0.1) is 0 Å². The summed E-state index contributed by atoms with van der Waals surface area (Å²) < 4.78 is 5.39. The summed E-state index contributed by atoms with van der Waals surface area (Å²) in [6, 6.07) is 32.7. The van der Waals surface area contributed by atoms with Crippen LogP contribution >= 0.6 is 7.26 Å². The van der Waals surface area contributed by atoms with E-state index in [1.54, 1.807) is 6.92 Å². The van der Waals surface area contributed by atoms with Gasteiger partial charge in [-0.25, -0.2) is 0 Å². The molecule has 1 amide bonds. The number of benzene rings is 3. The average Bonchev–Trinajstić information content (AvgIpc) is 2.95. The van der Waals surface area contributed by atoms with Gasteiger partial charge in [0, 0.05) is 13.0 Å². The summed E-state index contributed by atoms with van der Waals surface area (Å²) in [5.41, 5.74) is 0. The van der Waals surface area contributed by atoms with E-state index in [1.807, 2.05) is 0 Å². The van der Waals surface area contributed by atoms with Crippen molar-refractivity contribution in [1.82, 2.24) is 5.32 Å². The fourth-order valence-electron chi connectivity index (χ4n) is 4.61. The molecule has 0 fully saturated rings. The molecular weight excluding hydrogens is 477 g/mol. The molecule has 0 radical (unpaired) electrons. The lowest BCUT2D eigenvalue weighted by Crippen LogP contribution is -2.33. The number of esters is 1. The monoisotopic (exact) mass is 518 g/mol. The lowest BCUT2D eigenvalue weighted by atomic mass is 10.2. The largest absolute Gasteiger partial charge is 0.465 e. The maximum absolute atomic E-state index is 12.3. The highest BCUT2D eigenvalue weighted by Crippen LogP contribution is 2.55. The molecule has 1 unspecified atom stereocenters. The van der Waals surface area contributed by atoms with Crippen LogP contribution in [0.2, 0.25) is 0 Å². The first-order valence-corrected chi connectivity index (χ1v) is 15.5. The number of nitrogens with one attached hydrogen (secondary N) is 1. The van der Waals surface area contributed by atoms with E-state index in [0.29, 0.717) is 13.0 Å². The summed E-state index contributed by atoms with van der Waals surface area (Å²) >= 11 is 0. The number of carbonyl (C=O) groups excluding carboxylic acids is 2. The third-order valence-electron chi connectivity index (χ3n) is 6.74. The van der Waals surface area contributed by atoms with Gasteiger partial charge in [0.25, 0.3) is 0 Å². The van der Waals surface area contributed by atoms with Crippen LogP contribution in [0.25, 0.3) is 0 Å². The van der Waals surface area contributed by atoms with E-state index >= 15 is 0 Å². The van der Waals surface area contributed by atoms with E-state index in [1.165, 1.54) is 15.9 Å². The molecule has 3 rings (SSSR count). The van der Waals surface area contributed by atoms with Gasteiger partial charge in [0.15, 0.2) is 0 Å². The van der Waals surface area contributed by atoms with Crippen molar-refractivity contribution < 1.29 is 14.3 Å². The Morgan fingerprint density at radius 1 is 0.757 bits per heavy atom. The van der Waals surface area contributed by atoms with Gasteiger partial charge in [-0.3, -0.25) is 9.59 Å². The van der Waals surface area contributed by atoms with Gasteiger partial charge in [0.2, 0.25) is 5.91 Å². The molecule has 0 saturated heterocycles. The van der Waals surface area contributed by atoms with Crippen molar-refractivity contribution in [1.29, 1.82) is 0 Å². The molecule has 3 aromatic rings. The smallest absolute Gasteiger partial charge is 0.305 e. The summed E-state index contributed by atoms with van der Waals surface area (Å²) in [4.78, 5) is 24.4. The molecule has 0 aromatic heterocycles. The molecule has 0 heterocycles. The Hall–Kier alpha value is -2.97. The van der Waals surface area contributed by atoms with Gasteiger partial charge in [-0.05, 0) is 62.1 Å². The number of hydrogen-bond acceptors (Lipinski definition) is 3. The lowest BCUT2D eigenvalue weighted by Gasteiger charge is -2.27. The molecule has 0 aliphatic carbocycles. The molecule has 0 aliphatic rings. The second kappa shape index (κ2) is 15.3. The Bertz CT molecular complexity index is 976. The molecule has 196 valence electrons. The topological polar surface area (TPSA) is 55.4 Å². The van der Waals surface area contributed by atoms with Crippen LogP contribution in [0.3, 0.4) is 0 Å². The minimum atomic E-state index is -1.83. The molecule has 1 N–H and O–H groups in total. The average molecular weight is 519 g/mol. The first kappa shape index (κ1) is 28.6. The fraction of sp³-hybridized carbons (Fsp3) is 0.375. The number of hydrogen-bond donors (Lipinski definition) is 1. The number of unbranched alkanes of at least 4 members (excludes halogenated alkanes) is 3. The second-order valence-corrected chi connectivity index (χ2v) is 13.2. The van der Waals surface area contributed by atoms with Crippen molar-refractivity contribution >= 4 is 35.1 Å². The quantitative estimate of drug-likeness (QED) is 0.161. The highest BCUT2D eigenvalue weighted by atomic mass is 31.2. The summed E-state index contributed by atoms with van der Waals surface area (Å²) in [6.07, 6.45) is 6.20. The number of rotatable bonds is 15. The third kappa shape index (κ3) is 8.27. The van der Waals surface area contributed by atoms with Gasteiger partial charge < -0.3 is 10.1 Å². The highest BCUT2D eigenvalue weighted by Gasteiger charge is 2.44. The summed E-state index contributed by atoms with van der Waals surface area (Å²) in [5, 5.41) is 7.06. The predicted octanol–water partition coefficient (Wildman–Crippen LogP) is 5.64. The van der Waals surface area contributed by atoms with Crippen molar-refractivity contribution in [3.63, 3.8) is 0 Å². The lowest BCUT2D eigenvalue weighted by molar-refractivity contribution is -0.146. The molecule has 1 atom stereocenters. The second-order valence-electron chi connectivity index (χ2n) is 9.58. The molecule has 37 heavy (non-hydrogen) atoms. The number of ether oxygens (including phenoxy) is 1. The number of carbonyl (C=O) groups is 2. The molecule has 4 nitrogen and oxygen atoms in total. The van der Waals surface area contributed by atoms with Gasteiger partial charge in [-0.2, -0.15) is 0 Å². The van der Waals surface area contributed by atoms with Crippen LogP contribution in [0.5, 0.6) is 0 Å². The maximum Gasteiger partial charge on any atom is 0.305 e. The zero-order valence-corrected chi connectivity index (χ0v) is 23.2. The van der Waals surface area contributed by atoms with Crippen molar-refractivity contribution in [2.24, 2.45) is 5.92 Å². The first-order chi connectivity index (χ1) is 18.1. The zero-order valence-electron chi connectivity index (χ0n) is 22.3. The maximum atomic E-state index is 12.3. The Kier molecular flexibility index (Phi) is 11.8. The predicted molar refractivity (Wildman–Crippen MR) is 157 cm³/mol. The van der Waals surface area contributed by atoms with E-state index in [2.05, 4.69) is 103 Å². The van der Waals surface area contributed by atoms with E-state index in [0.717, 1.165) is 38.3 Å². The Labute approximate surface area is 223 Å². The van der Waals surface area contributed by atoms with Crippen LogP contribution in [0.1, 0.15) is 52.4 Å². The first-order valence-electron chi connectivity index (χ1n) is 13.6. The van der Waals surface area contributed by atoms with E-state index < -0.39 is 7.26 Å². The van der Waals surface area contributed by atoms with Crippen LogP contribution in [-0.4, -0.2) is 31.2 Å².